The first-order chi connectivity index (χ1) is 19.5. The molecule has 2 fully saturated rings. The maximum Gasteiger partial charge on any atom is 0.319 e. The lowest BCUT2D eigenvalue weighted by atomic mass is 10.1. The van der Waals surface area contributed by atoms with Crippen LogP contribution in [0.25, 0.3) is 22.3 Å². The van der Waals surface area contributed by atoms with Crippen LogP contribution in [0.1, 0.15) is 25.7 Å². The monoisotopic (exact) mass is 546 g/mol. The van der Waals surface area contributed by atoms with Crippen LogP contribution in [0.4, 0.5) is 14.9 Å². The number of carbonyl (C=O) groups is 1. The van der Waals surface area contributed by atoms with Gasteiger partial charge in [-0.3, -0.25) is 0 Å². The van der Waals surface area contributed by atoms with E-state index in [0.29, 0.717) is 23.3 Å². The second-order valence-electron chi connectivity index (χ2n) is 10.2. The van der Waals surface area contributed by atoms with Crippen LogP contribution in [-0.4, -0.2) is 69.4 Å². The SMILES string of the molecule is O=C(Nc1ccc(Oc2ncnc3[nH]c(-c4ccc(OC[C@@H](O)CN5CCCC5)cc4)cc23)cc1F)NC1CC1. The van der Waals surface area contributed by atoms with E-state index < -0.39 is 18.0 Å². The number of benzene rings is 2. The van der Waals surface area contributed by atoms with E-state index in [1.807, 2.05) is 30.3 Å². The predicted molar refractivity (Wildman–Crippen MR) is 148 cm³/mol. The minimum atomic E-state index is -0.616. The topological polar surface area (TPSA) is 125 Å². The van der Waals surface area contributed by atoms with Gasteiger partial charge in [0.1, 0.15) is 42.0 Å². The number of nitrogens with zero attached hydrogens (tertiary/aromatic N) is 3. The number of anilines is 1. The number of fused-ring (bicyclic) bond motifs is 1. The summed E-state index contributed by atoms with van der Waals surface area (Å²) in [5.74, 6) is 0.566. The molecule has 4 N–H and O–H groups in total. The normalized spacial score (nSPS) is 16.1. The van der Waals surface area contributed by atoms with Gasteiger partial charge in [-0.2, -0.15) is 0 Å². The molecule has 1 aliphatic carbocycles. The Bertz CT molecular complexity index is 1480. The number of hydrogen-bond donors (Lipinski definition) is 4. The van der Waals surface area contributed by atoms with Gasteiger partial charge in [-0.25, -0.2) is 19.2 Å². The lowest BCUT2D eigenvalue weighted by Crippen LogP contribution is -2.33. The van der Waals surface area contributed by atoms with E-state index in [9.17, 15) is 14.3 Å². The Kier molecular flexibility index (Phi) is 7.47. The molecule has 4 aromatic rings. The molecule has 11 heteroatoms. The summed E-state index contributed by atoms with van der Waals surface area (Å²) in [6.45, 7) is 2.94. The Morgan fingerprint density at radius 2 is 1.88 bits per heavy atom. The number of nitrogens with one attached hydrogen (secondary N) is 3. The van der Waals surface area contributed by atoms with Crippen molar-refractivity contribution in [1.29, 1.82) is 0 Å². The summed E-state index contributed by atoms with van der Waals surface area (Å²) in [6, 6.07) is 13.4. The van der Waals surface area contributed by atoms with Crippen molar-refractivity contribution in [2.24, 2.45) is 0 Å². The highest BCUT2D eigenvalue weighted by Gasteiger charge is 2.23. The fraction of sp³-hybridized carbons (Fsp3) is 0.345. The molecular weight excluding hydrogens is 515 g/mol. The number of carbonyl (C=O) groups excluding carboxylic acids is 1. The molecule has 0 bridgehead atoms. The summed E-state index contributed by atoms with van der Waals surface area (Å²) in [4.78, 5) is 26.0. The van der Waals surface area contributed by atoms with E-state index in [0.717, 1.165) is 37.2 Å². The van der Waals surface area contributed by atoms with Gasteiger partial charge in [0.2, 0.25) is 5.88 Å². The fourth-order valence-corrected chi connectivity index (χ4v) is 4.74. The van der Waals surface area contributed by atoms with Crippen LogP contribution < -0.4 is 20.1 Å². The van der Waals surface area contributed by atoms with Crippen molar-refractivity contribution in [2.75, 3.05) is 31.6 Å². The molecular formula is C29H31FN6O4. The zero-order valence-electron chi connectivity index (χ0n) is 21.9. The number of H-pyrrole nitrogens is 1. The van der Waals surface area contributed by atoms with Crippen molar-refractivity contribution < 1.29 is 23.8 Å². The molecule has 6 rings (SSSR count). The smallest absolute Gasteiger partial charge is 0.319 e. The Morgan fingerprint density at radius 1 is 1.10 bits per heavy atom. The second kappa shape index (κ2) is 11.5. The number of ether oxygens (including phenoxy) is 2. The molecule has 0 unspecified atom stereocenters. The molecule has 1 aliphatic heterocycles. The highest BCUT2D eigenvalue weighted by molar-refractivity contribution is 5.90. The van der Waals surface area contributed by atoms with Crippen LogP contribution >= 0.6 is 0 Å². The number of aliphatic hydroxyl groups excluding tert-OH is 1. The van der Waals surface area contributed by atoms with Gasteiger partial charge >= 0.3 is 6.03 Å². The molecule has 2 amide bonds. The zero-order chi connectivity index (χ0) is 27.5. The average Bonchev–Trinajstić information content (AvgIpc) is 3.41. The number of urea groups is 1. The Balaban J connectivity index is 1.10. The van der Waals surface area contributed by atoms with Gasteiger partial charge in [0.05, 0.1) is 11.1 Å². The average molecular weight is 547 g/mol. The minimum Gasteiger partial charge on any atom is -0.491 e. The molecule has 0 radical (unpaired) electrons. The van der Waals surface area contributed by atoms with E-state index in [4.69, 9.17) is 9.47 Å². The number of likely N-dealkylation sites (tertiary alicyclic amines) is 1. The quantitative estimate of drug-likeness (QED) is 0.228. The summed E-state index contributed by atoms with van der Waals surface area (Å²) in [5, 5.41) is 16.2. The minimum absolute atomic E-state index is 0.0655. The van der Waals surface area contributed by atoms with Crippen molar-refractivity contribution >= 4 is 22.8 Å². The highest BCUT2D eigenvalue weighted by Crippen LogP contribution is 2.32. The number of hydrogen-bond acceptors (Lipinski definition) is 7. The van der Waals surface area contributed by atoms with Gasteiger partial charge in [0.25, 0.3) is 0 Å². The molecule has 208 valence electrons. The van der Waals surface area contributed by atoms with Crippen molar-refractivity contribution in [2.45, 2.75) is 37.8 Å². The first kappa shape index (κ1) is 26.0. The first-order valence-electron chi connectivity index (χ1n) is 13.5. The van der Waals surface area contributed by atoms with Crippen LogP contribution in [0.5, 0.6) is 17.4 Å². The van der Waals surface area contributed by atoms with Gasteiger partial charge in [0.15, 0.2) is 0 Å². The van der Waals surface area contributed by atoms with E-state index in [1.165, 1.54) is 31.3 Å². The summed E-state index contributed by atoms with van der Waals surface area (Å²) in [5.41, 5.74) is 2.34. The molecule has 1 saturated carbocycles. The van der Waals surface area contributed by atoms with Crippen LogP contribution in [0.2, 0.25) is 0 Å². The number of β-amino-alcohol motifs (C(OH)–C–C–N with tert-alkyl or cyclic N) is 1. The maximum atomic E-state index is 14.6. The van der Waals surface area contributed by atoms with Crippen molar-refractivity contribution in [3.05, 3.63) is 60.7 Å². The third-order valence-electron chi connectivity index (χ3n) is 6.98. The van der Waals surface area contributed by atoms with Gasteiger partial charge < -0.3 is 35.1 Å². The van der Waals surface area contributed by atoms with Gasteiger partial charge in [-0.1, -0.05) is 0 Å². The summed E-state index contributed by atoms with van der Waals surface area (Å²) in [7, 11) is 0. The molecule has 1 saturated heterocycles. The number of aliphatic hydroxyl groups is 1. The summed E-state index contributed by atoms with van der Waals surface area (Å²) < 4.78 is 26.3. The second-order valence-corrected chi connectivity index (χ2v) is 10.2. The van der Waals surface area contributed by atoms with E-state index in [1.54, 1.807) is 6.07 Å². The zero-order valence-corrected chi connectivity index (χ0v) is 21.9. The van der Waals surface area contributed by atoms with Crippen molar-refractivity contribution in [1.82, 2.24) is 25.2 Å². The van der Waals surface area contributed by atoms with Gasteiger partial charge in [0, 0.05) is 24.3 Å². The Labute approximate surface area is 230 Å². The summed E-state index contributed by atoms with van der Waals surface area (Å²) in [6.07, 6.45) is 5.11. The van der Waals surface area contributed by atoms with Gasteiger partial charge in [-0.05, 0) is 86.8 Å². The summed E-state index contributed by atoms with van der Waals surface area (Å²) >= 11 is 0. The molecule has 0 spiro atoms. The lowest BCUT2D eigenvalue weighted by molar-refractivity contribution is 0.0758. The van der Waals surface area contributed by atoms with Crippen LogP contribution in [0.3, 0.4) is 0 Å². The standard InChI is InChI=1S/C29H31FN6O4/c30-24-13-22(9-10-25(24)35-29(38)33-19-5-6-19)40-28-23-14-26(34-27(23)31-17-32-28)18-3-7-21(8-4-18)39-16-20(37)15-36-11-1-2-12-36/h3-4,7-10,13-14,17,19-20,37H,1-2,5-6,11-12,15-16H2,(H,31,32,34)(H2,33,35,38)/t20-/m0/s1. The Hall–Kier alpha value is -4.22. The third-order valence-corrected chi connectivity index (χ3v) is 6.98. The molecule has 10 nitrogen and oxygen atoms in total. The van der Waals surface area contributed by atoms with E-state index in [-0.39, 0.29) is 30.0 Å². The number of rotatable bonds is 10. The molecule has 2 aromatic heterocycles. The highest BCUT2D eigenvalue weighted by atomic mass is 19.1. The predicted octanol–water partition coefficient (Wildman–Crippen LogP) is 4.68. The molecule has 40 heavy (non-hydrogen) atoms. The molecule has 2 aliphatic rings. The number of aromatic amines is 1. The molecule has 3 heterocycles. The molecule has 2 aromatic carbocycles. The van der Waals surface area contributed by atoms with Crippen LogP contribution in [-0.2, 0) is 0 Å². The Morgan fingerprint density at radius 3 is 2.62 bits per heavy atom. The van der Waals surface area contributed by atoms with Crippen LogP contribution in [0, 0.1) is 5.82 Å². The van der Waals surface area contributed by atoms with E-state index in [2.05, 4.69) is 30.5 Å². The lowest BCUT2D eigenvalue weighted by Gasteiger charge is -2.19. The van der Waals surface area contributed by atoms with Gasteiger partial charge in [-0.15, -0.1) is 0 Å². The number of aromatic nitrogens is 3. The van der Waals surface area contributed by atoms with E-state index >= 15 is 0 Å². The third kappa shape index (κ3) is 6.32. The number of halogens is 1. The first-order valence-corrected chi connectivity index (χ1v) is 13.5. The molecule has 1 atom stereocenters. The fourth-order valence-electron chi connectivity index (χ4n) is 4.74. The van der Waals surface area contributed by atoms with Crippen molar-refractivity contribution in [3.63, 3.8) is 0 Å². The van der Waals surface area contributed by atoms with Crippen LogP contribution in [0.15, 0.2) is 54.9 Å². The number of amides is 2. The largest absolute Gasteiger partial charge is 0.491 e. The van der Waals surface area contributed by atoms with Crippen molar-refractivity contribution in [3.8, 4) is 28.6 Å². The maximum absolute atomic E-state index is 14.6.